The summed E-state index contributed by atoms with van der Waals surface area (Å²) >= 11 is 5.74. The number of alkyl halides is 1. The predicted molar refractivity (Wildman–Crippen MR) is 128 cm³/mol. The molecule has 0 saturated carbocycles. The lowest BCUT2D eigenvalue weighted by atomic mass is 10.1. The van der Waals surface area contributed by atoms with Gasteiger partial charge in [-0.1, -0.05) is 23.7 Å². The van der Waals surface area contributed by atoms with Crippen molar-refractivity contribution in [1.29, 1.82) is 0 Å². The second-order valence-electron chi connectivity index (χ2n) is 8.44. The predicted octanol–water partition coefficient (Wildman–Crippen LogP) is 0.986. The zero-order valence-corrected chi connectivity index (χ0v) is 20.6. The highest BCUT2D eigenvalue weighted by atomic mass is 35.5. The Kier molecular flexibility index (Phi) is 7.33. The van der Waals surface area contributed by atoms with E-state index in [0.29, 0.717) is 0 Å². The summed E-state index contributed by atoms with van der Waals surface area (Å²) in [5, 5.41) is 6.13. The van der Waals surface area contributed by atoms with Crippen molar-refractivity contribution in [3.63, 3.8) is 0 Å². The highest BCUT2D eigenvalue weighted by molar-refractivity contribution is 7.60. The average Bonchev–Trinajstić information content (AvgIpc) is 3.40. The zero-order valence-electron chi connectivity index (χ0n) is 19.0. The molecule has 15 heteroatoms. The lowest BCUT2D eigenvalue weighted by molar-refractivity contribution is -0.139. The van der Waals surface area contributed by atoms with Gasteiger partial charge in [-0.15, -0.1) is 0 Å². The molecule has 37 heavy (non-hydrogen) atoms. The molecule has 3 aromatic rings. The zero-order chi connectivity index (χ0) is 27.1. The molecule has 1 aliphatic rings. The number of halogens is 3. The van der Waals surface area contributed by atoms with Gasteiger partial charge in [0.05, 0.1) is 22.4 Å². The molecule has 4 rings (SSSR count). The van der Waals surface area contributed by atoms with Crippen LogP contribution in [0.5, 0.6) is 0 Å². The van der Waals surface area contributed by atoms with E-state index in [2.05, 4.69) is 10.4 Å². The van der Waals surface area contributed by atoms with Crippen LogP contribution in [0.15, 0.2) is 36.4 Å². The first-order valence-electron chi connectivity index (χ1n) is 10.9. The van der Waals surface area contributed by atoms with Crippen LogP contribution in [0.4, 0.5) is 8.78 Å². The van der Waals surface area contributed by atoms with E-state index >= 15 is 0 Å². The van der Waals surface area contributed by atoms with Crippen LogP contribution in [0, 0.1) is 5.82 Å². The number of aromatic nitrogens is 2. The Morgan fingerprint density at radius 2 is 1.97 bits per heavy atom. The monoisotopic (exact) mass is 555 g/mol. The summed E-state index contributed by atoms with van der Waals surface area (Å²) < 4.78 is 41.1. The molecule has 2 heterocycles. The SMILES string of the molecule is NC(=O)c1nn(CC(=O)N2CC(F)CC2C(=O)NCc2cccc(Cl)c2F)c2cc(P(=O)(O)O)ccc12. The van der Waals surface area contributed by atoms with Crippen LogP contribution in [-0.2, 0) is 27.2 Å². The van der Waals surface area contributed by atoms with Crippen LogP contribution in [0.2, 0.25) is 5.02 Å². The first-order chi connectivity index (χ1) is 17.4. The number of benzene rings is 2. The molecule has 1 aromatic heterocycles. The Morgan fingerprint density at radius 3 is 2.65 bits per heavy atom. The number of hydrogen-bond donors (Lipinski definition) is 4. The fourth-order valence-corrected chi connectivity index (χ4v) is 4.91. The van der Waals surface area contributed by atoms with E-state index in [1.165, 1.54) is 24.3 Å². The van der Waals surface area contributed by atoms with Crippen molar-refractivity contribution < 1.29 is 37.5 Å². The summed E-state index contributed by atoms with van der Waals surface area (Å²) in [5.41, 5.74) is 5.26. The Morgan fingerprint density at radius 1 is 1.24 bits per heavy atom. The number of nitrogens with two attached hydrogens (primary N) is 1. The van der Waals surface area contributed by atoms with Crippen LogP contribution in [0.1, 0.15) is 22.5 Å². The Bertz CT molecular complexity index is 1460. The summed E-state index contributed by atoms with van der Waals surface area (Å²) in [6.45, 7) is -1.20. The third-order valence-corrected chi connectivity index (χ3v) is 7.19. The minimum atomic E-state index is -4.67. The molecule has 0 aliphatic carbocycles. The molecule has 0 radical (unpaired) electrons. The van der Waals surface area contributed by atoms with E-state index in [0.717, 1.165) is 21.7 Å². The van der Waals surface area contributed by atoms with Crippen molar-refractivity contribution in [2.24, 2.45) is 5.73 Å². The van der Waals surface area contributed by atoms with Crippen molar-refractivity contribution in [2.45, 2.75) is 31.7 Å². The van der Waals surface area contributed by atoms with Crippen molar-refractivity contribution >= 4 is 53.1 Å². The van der Waals surface area contributed by atoms with E-state index in [9.17, 15) is 37.5 Å². The number of carbonyl (C=O) groups is 3. The Hall–Kier alpha value is -3.38. The second kappa shape index (κ2) is 10.2. The van der Waals surface area contributed by atoms with Gasteiger partial charge < -0.3 is 25.7 Å². The quantitative estimate of drug-likeness (QED) is 0.315. The Balaban J connectivity index is 1.57. The van der Waals surface area contributed by atoms with Gasteiger partial charge in [0.15, 0.2) is 5.69 Å². The summed E-state index contributed by atoms with van der Waals surface area (Å²) in [5.74, 6) is -3.09. The third-order valence-electron chi connectivity index (χ3n) is 5.95. The molecule has 2 unspecified atom stereocenters. The number of nitrogens with one attached hydrogen (secondary N) is 1. The normalized spacial score (nSPS) is 17.8. The lowest BCUT2D eigenvalue weighted by Gasteiger charge is -2.24. The molecule has 2 aromatic carbocycles. The van der Waals surface area contributed by atoms with E-state index in [-0.39, 0.29) is 45.5 Å². The fourth-order valence-electron chi connectivity index (χ4n) is 4.16. The van der Waals surface area contributed by atoms with Gasteiger partial charge in [-0.3, -0.25) is 23.6 Å². The van der Waals surface area contributed by atoms with Crippen molar-refractivity contribution in [3.8, 4) is 0 Å². The van der Waals surface area contributed by atoms with Gasteiger partial charge in [0.2, 0.25) is 11.8 Å². The molecule has 11 nitrogen and oxygen atoms in total. The summed E-state index contributed by atoms with van der Waals surface area (Å²) in [4.78, 5) is 57.7. The van der Waals surface area contributed by atoms with Crippen LogP contribution >= 0.6 is 19.2 Å². The van der Waals surface area contributed by atoms with E-state index in [4.69, 9.17) is 17.3 Å². The van der Waals surface area contributed by atoms with Gasteiger partial charge in [0, 0.05) is 23.9 Å². The lowest BCUT2D eigenvalue weighted by Crippen LogP contribution is -2.46. The third kappa shape index (κ3) is 5.49. The first-order valence-corrected chi connectivity index (χ1v) is 12.9. The summed E-state index contributed by atoms with van der Waals surface area (Å²) in [7, 11) is -4.67. The number of likely N-dealkylation sites (tertiary alicyclic amines) is 1. The summed E-state index contributed by atoms with van der Waals surface area (Å²) in [6, 6.07) is 6.50. The maximum Gasteiger partial charge on any atom is 0.356 e. The largest absolute Gasteiger partial charge is 0.364 e. The van der Waals surface area contributed by atoms with Crippen molar-refractivity contribution in [2.75, 3.05) is 6.54 Å². The molecule has 0 bridgehead atoms. The molecule has 1 saturated heterocycles. The molecule has 0 spiro atoms. The average molecular weight is 556 g/mol. The van der Waals surface area contributed by atoms with Gasteiger partial charge in [-0.05, 0) is 24.3 Å². The summed E-state index contributed by atoms with van der Waals surface area (Å²) in [6.07, 6.45) is -1.79. The minimum Gasteiger partial charge on any atom is -0.364 e. The Labute approximate surface area is 213 Å². The number of fused-ring (bicyclic) bond motifs is 1. The number of primary amides is 1. The fraction of sp³-hybridized carbons (Fsp3) is 0.273. The molecule has 1 aliphatic heterocycles. The smallest absolute Gasteiger partial charge is 0.356 e. The number of rotatable bonds is 7. The minimum absolute atomic E-state index is 0.0383. The van der Waals surface area contributed by atoms with Gasteiger partial charge in [0.25, 0.3) is 5.91 Å². The van der Waals surface area contributed by atoms with Gasteiger partial charge in [-0.2, -0.15) is 5.10 Å². The highest BCUT2D eigenvalue weighted by Crippen LogP contribution is 2.34. The van der Waals surface area contributed by atoms with Crippen LogP contribution in [-0.4, -0.2) is 60.9 Å². The molecule has 3 amide bonds. The van der Waals surface area contributed by atoms with Crippen LogP contribution in [0.25, 0.3) is 10.9 Å². The molecule has 5 N–H and O–H groups in total. The van der Waals surface area contributed by atoms with Crippen molar-refractivity contribution in [3.05, 3.63) is 58.5 Å². The van der Waals surface area contributed by atoms with Crippen molar-refractivity contribution in [1.82, 2.24) is 20.0 Å². The number of amides is 3. The standard InChI is InChI=1S/C22H21ClF2N5O6P/c23-15-3-1-2-11(19(15)25)8-27-22(33)17-6-12(24)9-29(17)18(31)10-30-16-7-13(37(34,35)36)4-5-14(16)20(28-30)21(26)32/h1-5,7,12,17H,6,8-10H2,(H2,26,32)(H,27,33)(H2,34,35,36). The van der Waals surface area contributed by atoms with E-state index in [1.54, 1.807) is 0 Å². The van der Waals surface area contributed by atoms with E-state index in [1.807, 2.05) is 0 Å². The second-order valence-corrected chi connectivity index (χ2v) is 10.5. The molecular formula is C22H21ClF2N5O6P. The number of nitrogens with zero attached hydrogens (tertiary/aromatic N) is 3. The van der Waals surface area contributed by atoms with Gasteiger partial charge >= 0.3 is 7.60 Å². The van der Waals surface area contributed by atoms with Crippen LogP contribution in [0.3, 0.4) is 0 Å². The van der Waals surface area contributed by atoms with Crippen LogP contribution < -0.4 is 16.4 Å². The molecule has 1 fully saturated rings. The van der Waals surface area contributed by atoms with E-state index < -0.39 is 56.4 Å². The number of hydrogen-bond acceptors (Lipinski definition) is 5. The number of carbonyl (C=O) groups excluding carboxylic acids is 3. The molecule has 196 valence electrons. The first kappa shape index (κ1) is 26.7. The maximum absolute atomic E-state index is 14.3. The maximum atomic E-state index is 14.3. The topological polar surface area (TPSA) is 168 Å². The van der Waals surface area contributed by atoms with Gasteiger partial charge in [0.1, 0.15) is 24.6 Å². The molecule has 2 atom stereocenters. The van der Waals surface area contributed by atoms with Gasteiger partial charge in [-0.25, -0.2) is 8.78 Å². The highest BCUT2D eigenvalue weighted by Gasteiger charge is 2.40. The molecular weight excluding hydrogens is 535 g/mol.